The topological polar surface area (TPSA) is 42.4 Å². The van der Waals surface area contributed by atoms with Gasteiger partial charge < -0.3 is 9.64 Å². The molecule has 0 spiro atoms. The van der Waals surface area contributed by atoms with Gasteiger partial charge in [-0.15, -0.1) is 0 Å². The van der Waals surface area contributed by atoms with Gasteiger partial charge in [0.2, 0.25) is 5.95 Å². The maximum Gasteiger partial charge on any atom is 0.254 e. The van der Waals surface area contributed by atoms with E-state index in [9.17, 15) is 9.18 Å². The molecule has 0 saturated carbocycles. The molecule has 110 valence electrons. The van der Waals surface area contributed by atoms with E-state index in [1.807, 2.05) is 30.3 Å². The predicted molar refractivity (Wildman–Crippen MR) is 77.3 cm³/mol. The van der Waals surface area contributed by atoms with Crippen LogP contribution in [0, 0.1) is 5.95 Å². The number of carbonyl (C=O) groups excluding carboxylic acids is 1. The van der Waals surface area contributed by atoms with Gasteiger partial charge in [0.05, 0.1) is 6.61 Å². The van der Waals surface area contributed by atoms with Crippen LogP contribution in [0.15, 0.2) is 48.7 Å². The zero-order valence-corrected chi connectivity index (χ0v) is 11.8. The lowest BCUT2D eigenvalue weighted by molar-refractivity contribution is 0.0679. The number of pyridine rings is 1. The lowest BCUT2D eigenvalue weighted by atomic mass is 10.2. The van der Waals surface area contributed by atoms with Gasteiger partial charge in [-0.2, -0.15) is 4.39 Å². The van der Waals surface area contributed by atoms with E-state index >= 15 is 0 Å². The van der Waals surface area contributed by atoms with Crippen LogP contribution in [0.5, 0.6) is 0 Å². The van der Waals surface area contributed by atoms with Crippen molar-refractivity contribution < 1.29 is 13.9 Å². The van der Waals surface area contributed by atoms with E-state index < -0.39 is 5.95 Å². The van der Waals surface area contributed by atoms with Crippen LogP contribution in [0.1, 0.15) is 15.9 Å². The molecule has 0 atom stereocenters. The van der Waals surface area contributed by atoms with E-state index in [1.165, 1.54) is 12.3 Å². The second kappa shape index (κ2) is 7.50. The van der Waals surface area contributed by atoms with Crippen molar-refractivity contribution in [3.05, 3.63) is 65.7 Å². The number of ether oxygens (including phenoxy) is 1. The second-order valence-corrected chi connectivity index (χ2v) is 4.57. The van der Waals surface area contributed by atoms with E-state index in [1.54, 1.807) is 12.0 Å². The van der Waals surface area contributed by atoms with Gasteiger partial charge >= 0.3 is 0 Å². The number of benzene rings is 1. The summed E-state index contributed by atoms with van der Waals surface area (Å²) in [6.07, 6.45) is 1.29. The molecule has 21 heavy (non-hydrogen) atoms. The summed E-state index contributed by atoms with van der Waals surface area (Å²) in [5.41, 5.74) is 1.30. The Hall–Kier alpha value is -2.27. The molecule has 0 N–H and O–H groups in total. The third kappa shape index (κ3) is 4.36. The van der Waals surface area contributed by atoms with Crippen LogP contribution >= 0.6 is 0 Å². The average Bonchev–Trinajstić information content (AvgIpc) is 2.51. The fraction of sp³-hybridized carbons (Fsp3) is 0.250. The van der Waals surface area contributed by atoms with Crippen molar-refractivity contribution in [3.8, 4) is 0 Å². The maximum atomic E-state index is 13.2. The van der Waals surface area contributed by atoms with Gasteiger partial charge in [-0.3, -0.25) is 4.79 Å². The molecule has 1 heterocycles. The zero-order chi connectivity index (χ0) is 15.1. The van der Waals surface area contributed by atoms with Gasteiger partial charge in [-0.25, -0.2) is 4.98 Å². The van der Waals surface area contributed by atoms with Gasteiger partial charge in [0, 0.05) is 38.0 Å². The Labute approximate surface area is 123 Å². The Bertz CT molecular complexity index is 590. The third-order valence-corrected chi connectivity index (χ3v) is 3.04. The fourth-order valence-electron chi connectivity index (χ4n) is 1.98. The van der Waals surface area contributed by atoms with E-state index in [2.05, 4.69) is 4.98 Å². The Morgan fingerprint density at radius 3 is 2.71 bits per heavy atom. The first-order chi connectivity index (χ1) is 10.2. The standard InChI is InChI=1S/C16H17FN2O2/c1-21-10-9-19(12-13-5-3-2-4-6-13)16(20)14-7-8-18-15(17)11-14/h2-8,11H,9-10,12H2,1H3. The van der Waals surface area contributed by atoms with Crippen molar-refractivity contribution in [2.24, 2.45) is 0 Å². The molecule has 0 aliphatic carbocycles. The molecule has 0 bridgehead atoms. The van der Waals surface area contributed by atoms with Crippen LogP contribution in [-0.4, -0.2) is 36.1 Å². The van der Waals surface area contributed by atoms with Crippen molar-refractivity contribution >= 4 is 5.91 Å². The smallest absolute Gasteiger partial charge is 0.254 e. The number of amides is 1. The van der Waals surface area contributed by atoms with Gasteiger partial charge in [-0.1, -0.05) is 30.3 Å². The monoisotopic (exact) mass is 288 g/mol. The number of methoxy groups -OCH3 is 1. The highest BCUT2D eigenvalue weighted by molar-refractivity contribution is 5.94. The normalized spacial score (nSPS) is 10.4. The van der Waals surface area contributed by atoms with Crippen LogP contribution in [0.2, 0.25) is 0 Å². The Balaban J connectivity index is 2.17. The van der Waals surface area contributed by atoms with Crippen LogP contribution in [0.3, 0.4) is 0 Å². The second-order valence-electron chi connectivity index (χ2n) is 4.57. The molecular weight excluding hydrogens is 271 g/mol. The van der Waals surface area contributed by atoms with Gasteiger partial charge in [0.15, 0.2) is 0 Å². The summed E-state index contributed by atoms with van der Waals surface area (Å²) in [7, 11) is 1.58. The molecular formula is C16H17FN2O2. The first-order valence-corrected chi connectivity index (χ1v) is 6.64. The number of carbonyl (C=O) groups is 1. The molecule has 0 saturated heterocycles. The van der Waals surface area contributed by atoms with Crippen molar-refractivity contribution in [1.29, 1.82) is 0 Å². The first kappa shape index (κ1) is 15.1. The summed E-state index contributed by atoms with van der Waals surface area (Å²) < 4.78 is 18.2. The highest BCUT2D eigenvalue weighted by atomic mass is 19.1. The molecule has 1 aromatic heterocycles. The highest BCUT2D eigenvalue weighted by Gasteiger charge is 2.16. The number of aromatic nitrogens is 1. The zero-order valence-electron chi connectivity index (χ0n) is 11.8. The number of hydrogen-bond acceptors (Lipinski definition) is 3. The van der Waals surface area contributed by atoms with E-state index in [0.29, 0.717) is 19.7 Å². The van der Waals surface area contributed by atoms with Crippen molar-refractivity contribution in [1.82, 2.24) is 9.88 Å². The largest absolute Gasteiger partial charge is 0.383 e. The average molecular weight is 288 g/mol. The molecule has 0 fully saturated rings. The minimum absolute atomic E-state index is 0.239. The minimum Gasteiger partial charge on any atom is -0.383 e. The molecule has 0 radical (unpaired) electrons. The van der Waals surface area contributed by atoms with Gasteiger partial charge in [0.25, 0.3) is 5.91 Å². The first-order valence-electron chi connectivity index (χ1n) is 6.64. The molecule has 2 aromatic rings. The molecule has 0 unspecified atom stereocenters. The number of halogens is 1. The van der Waals surface area contributed by atoms with Gasteiger partial charge in [-0.05, 0) is 11.6 Å². The number of nitrogens with zero attached hydrogens (tertiary/aromatic N) is 2. The third-order valence-electron chi connectivity index (χ3n) is 3.04. The molecule has 1 amide bonds. The van der Waals surface area contributed by atoms with Crippen LogP contribution in [0.25, 0.3) is 0 Å². The van der Waals surface area contributed by atoms with Crippen molar-refractivity contribution in [2.45, 2.75) is 6.54 Å². The summed E-state index contributed by atoms with van der Waals surface area (Å²) in [5.74, 6) is -0.899. The highest BCUT2D eigenvalue weighted by Crippen LogP contribution is 2.10. The van der Waals surface area contributed by atoms with Crippen LogP contribution in [0.4, 0.5) is 4.39 Å². The predicted octanol–water partition coefficient (Wildman–Crippen LogP) is 2.51. The maximum absolute atomic E-state index is 13.2. The lowest BCUT2D eigenvalue weighted by Gasteiger charge is -2.22. The molecule has 5 heteroatoms. The molecule has 1 aromatic carbocycles. The number of rotatable bonds is 6. The lowest BCUT2D eigenvalue weighted by Crippen LogP contribution is -2.33. The summed E-state index contributed by atoms with van der Waals surface area (Å²) in [4.78, 5) is 17.6. The molecule has 0 aliphatic heterocycles. The Kier molecular flexibility index (Phi) is 5.40. The fourth-order valence-corrected chi connectivity index (χ4v) is 1.98. The molecule has 2 rings (SSSR count). The van der Waals surface area contributed by atoms with E-state index in [4.69, 9.17) is 4.74 Å². The minimum atomic E-state index is -0.660. The summed E-state index contributed by atoms with van der Waals surface area (Å²) in [6.45, 7) is 1.31. The Morgan fingerprint density at radius 2 is 2.05 bits per heavy atom. The summed E-state index contributed by atoms with van der Waals surface area (Å²) in [6, 6.07) is 12.3. The molecule has 4 nitrogen and oxygen atoms in total. The van der Waals surface area contributed by atoms with E-state index in [-0.39, 0.29) is 11.5 Å². The number of hydrogen-bond donors (Lipinski definition) is 0. The van der Waals surface area contributed by atoms with Crippen molar-refractivity contribution in [3.63, 3.8) is 0 Å². The van der Waals surface area contributed by atoms with E-state index in [0.717, 1.165) is 11.6 Å². The van der Waals surface area contributed by atoms with Gasteiger partial charge in [0.1, 0.15) is 0 Å². The summed E-state index contributed by atoms with van der Waals surface area (Å²) >= 11 is 0. The quantitative estimate of drug-likeness (QED) is 0.767. The van der Waals surface area contributed by atoms with Crippen molar-refractivity contribution in [2.75, 3.05) is 20.3 Å². The molecule has 0 aliphatic rings. The Morgan fingerprint density at radius 1 is 1.29 bits per heavy atom. The SMILES string of the molecule is COCCN(Cc1ccccc1)C(=O)c1ccnc(F)c1. The van der Waals surface area contributed by atoms with Crippen LogP contribution in [-0.2, 0) is 11.3 Å². The summed E-state index contributed by atoms with van der Waals surface area (Å²) in [5, 5.41) is 0. The van der Waals surface area contributed by atoms with Crippen LogP contribution < -0.4 is 0 Å².